The maximum Gasteiger partial charge on any atom is 0.262 e. The summed E-state index contributed by atoms with van der Waals surface area (Å²) < 4.78 is 5.41. The Morgan fingerprint density at radius 2 is 1.89 bits per heavy atom. The molecule has 0 saturated heterocycles. The van der Waals surface area contributed by atoms with Crippen LogP contribution in [-0.4, -0.2) is 12.5 Å². The molecule has 0 fully saturated rings. The minimum Gasteiger partial charge on any atom is -0.482 e. The van der Waals surface area contributed by atoms with Crippen molar-refractivity contribution >= 4 is 17.3 Å². The van der Waals surface area contributed by atoms with Crippen LogP contribution in [0.1, 0.15) is 5.56 Å². The minimum absolute atomic E-state index is 0.0669. The summed E-state index contributed by atoms with van der Waals surface area (Å²) in [5.41, 5.74) is 8.10. The summed E-state index contributed by atoms with van der Waals surface area (Å²) in [5.74, 6) is 0.315. The van der Waals surface area contributed by atoms with E-state index in [4.69, 9.17) is 10.5 Å². The number of nitrogens with one attached hydrogen (secondary N) is 1. The molecule has 0 aromatic heterocycles. The SMILES string of the molecule is Cc1cccc(OCC(=O)Nc2ccccc2)c1N. The highest BCUT2D eigenvalue weighted by Gasteiger charge is 2.06. The number of nitrogens with two attached hydrogens (primary N) is 1. The summed E-state index contributed by atoms with van der Waals surface area (Å²) in [5, 5.41) is 2.74. The maximum absolute atomic E-state index is 11.7. The number of anilines is 2. The lowest BCUT2D eigenvalue weighted by molar-refractivity contribution is -0.118. The molecule has 3 N–H and O–H groups in total. The van der Waals surface area contributed by atoms with E-state index in [1.54, 1.807) is 6.07 Å². The Morgan fingerprint density at radius 3 is 2.63 bits per heavy atom. The molecule has 0 spiro atoms. The van der Waals surface area contributed by atoms with Gasteiger partial charge in [-0.3, -0.25) is 4.79 Å². The Balaban J connectivity index is 1.92. The molecular formula is C15H16N2O2. The Labute approximate surface area is 112 Å². The molecule has 0 atom stereocenters. The quantitative estimate of drug-likeness (QED) is 0.826. The van der Waals surface area contributed by atoms with Crippen LogP contribution in [0.3, 0.4) is 0 Å². The van der Waals surface area contributed by atoms with E-state index >= 15 is 0 Å². The summed E-state index contributed by atoms with van der Waals surface area (Å²) in [6, 6.07) is 14.7. The molecule has 0 aliphatic rings. The number of nitrogen functional groups attached to an aromatic ring is 1. The van der Waals surface area contributed by atoms with Gasteiger partial charge >= 0.3 is 0 Å². The number of rotatable bonds is 4. The molecule has 0 aliphatic carbocycles. The highest BCUT2D eigenvalue weighted by Crippen LogP contribution is 2.24. The fourth-order valence-electron chi connectivity index (χ4n) is 1.64. The molecule has 0 bridgehead atoms. The Hall–Kier alpha value is -2.49. The molecule has 4 nitrogen and oxygen atoms in total. The van der Waals surface area contributed by atoms with Gasteiger partial charge in [-0.1, -0.05) is 30.3 Å². The lowest BCUT2D eigenvalue weighted by Gasteiger charge is -2.10. The zero-order valence-electron chi connectivity index (χ0n) is 10.7. The zero-order chi connectivity index (χ0) is 13.7. The highest BCUT2D eigenvalue weighted by molar-refractivity contribution is 5.91. The Morgan fingerprint density at radius 1 is 1.16 bits per heavy atom. The second-order valence-electron chi connectivity index (χ2n) is 4.19. The normalized spacial score (nSPS) is 9.95. The van der Waals surface area contributed by atoms with Gasteiger partial charge < -0.3 is 15.8 Å². The molecule has 0 radical (unpaired) electrons. The van der Waals surface area contributed by atoms with Gasteiger partial charge in [0.2, 0.25) is 0 Å². The van der Waals surface area contributed by atoms with Crippen molar-refractivity contribution in [3.63, 3.8) is 0 Å². The number of ether oxygens (including phenoxy) is 1. The van der Waals surface area contributed by atoms with E-state index < -0.39 is 0 Å². The van der Waals surface area contributed by atoms with E-state index in [1.165, 1.54) is 0 Å². The number of amides is 1. The average Bonchev–Trinajstić information content (AvgIpc) is 2.42. The van der Waals surface area contributed by atoms with E-state index in [9.17, 15) is 4.79 Å². The van der Waals surface area contributed by atoms with Gasteiger partial charge in [0.25, 0.3) is 5.91 Å². The average molecular weight is 256 g/mol. The van der Waals surface area contributed by atoms with Crippen LogP contribution in [0.15, 0.2) is 48.5 Å². The molecule has 4 heteroatoms. The van der Waals surface area contributed by atoms with E-state index in [-0.39, 0.29) is 12.5 Å². The molecule has 2 aromatic rings. The van der Waals surface area contributed by atoms with Gasteiger partial charge in [-0.15, -0.1) is 0 Å². The number of aryl methyl sites for hydroxylation is 1. The van der Waals surface area contributed by atoms with Crippen LogP contribution in [0.25, 0.3) is 0 Å². The van der Waals surface area contributed by atoms with Crippen molar-refractivity contribution < 1.29 is 9.53 Å². The second kappa shape index (κ2) is 5.91. The van der Waals surface area contributed by atoms with Crippen molar-refractivity contribution in [1.29, 1.82) is 0 Å². The third kappa shape index (κ3) is 3.48. The Bertz CT molecular complexity index is 568. The van der Waals surface area contributed by atoms with E-state index in [0.717, 1.165) is 11.3 Å². The molecular weight excluding hydrogens is 240 g/mol. The van der Waals surface area contributed by atoms with Crippen molar-refractivity contribution in [2.45, 2.75) is 6.92 Å². The first-order chi connectivity index (χ1) is 9.16. The second-order valence-corrected chi connectivity index (χ2v) is 4.19. The van der Waals surface area contributed by atoms with Gasteiger partial charge in [-0.25, -0.2) is 0 Å². The predicted molar refractivity (Wildman–Crippen MR) is 76.2 cm³/mol. The van der Waals surface area contributed by atoms with Crippen LogP contribution in [0, 0.1) is 6.92 Å². The summed E-state index contributed by atoms with van der Waals surface area (Å²) in [6.45, 7) is 1.83. The van der Waals surface area contributed by atoms with Crippen molar-refractivity contribution in [2.75, 3.05) is 17.7 Å². The molecule has 0 heterocycles. The van der Waals surface area contributed by atoms with Gasteiger partial charge in [0, 0.05) is 5.69 Å². The summed E-state index contributed by atoms with van der Waals surface area (Å²) in [7, 11) is 0. The lowest BCUT2D eigenvalue weighted by atomic mass is 10.2. The third-order valence-electron chi connectivity index (χ3n) is 2.70. The van der Waals surface area contributed by atoms with Crippen molar-refractivity contribution in [3.05, 3.63) is 54.1 Å². The fourth-order valence-corrected chi connectivity index (χ4v) is 1.64. The largest absolute Gasteiger partial charge is 0.482 e. The molecule has 19 heavy (non-hydrogen) atoms. The molecule has 0 aliphatic heterocycles. The van der Waals surface area contributed by atoms with Crippen LogP contribution in [-0.2, 0) is 4.79 Å². The third-order valence-corrected chi connectivity index (χ3v) is 2.70. The molecule has 0 unspecified atom stereocenters. The van der Waals surface area contributed by atoms with Gasteiger partial charge in [-0.05, 0) is 30.7 Å². The van der Waals surface area contributed by atoms with Crippen LogP contribution < -0.4 is 15.8 Å². The first-order valence-electron chi connectivity index (χ1n) is 5.99. The topological polar surface area (TPSA) is 64.3 Å². The highest BCUT2D eigenvalue weighted by atomic mass is 16.5. The van der Waals surface area contributed by atoms with Crippen molar-refractivity contribution in [2.24, 2.45) is 0 Å². The number of benzene rings is 2. The zero-order valence-corrected chi connectivity index (χ0v) is 10.7. The molecule has 2 aromatic carbocycles. The maximum atomic E-state index is 11.7. The Kier molecular flexibility index (Phi) is 4.03. The van der Waals surface area contributed by atoms with Crippen LogP contribution >= 0.6 is 0 Å². The van der Waals surface area contributed by atoms with E-state index in [1.807, 2.05) is 49.4 Å². The van der Waals surface area contributed by atoms with E-state index in [2.05, 4.69) is 5.32 Å². The van der Waals surface area contributed by atoms with Crippen molar-refractivity contribution in [3.8, 4) is 5.75 Å². The minimum atomic E-state index is -0.216. The number of para-hydroxylation sites is 2. The van der Waals surface area contributed by atoms with Crippen LogP contribution in [0.5, 0.6) is 5.75 Å². The summed E-state index contributed by atoms with van der Waals surface area (Å²) in [6.07, 6.45) is 0. The standard InChI is InChI=1S/C15H16N2O2/c1-11-6-5-9-13(15(11)16)19-10-14(18)17-12-7-3-2-4-8-12/h2-9H,10,16H2,1H3,(H,17,18). The summed E-state index contributed by atoms with van der Waals surface area (Å²) >= 11 is 0. The summed E-state index contributed by atoms with van der Waals surface area (Å²) in [4.78, 5) is 11.7. The van der Waals surface area contributed by atoms with Gasteiger partial charge in [-0.2, -0.15) is 0 Å². The first-order valence-corrected chi connectivity index (χ1v) is 5.99. The van der Waals surface area contributed by atoms with Gasteiger partial charge in [0.15, 0.2) is 6.61 Å². The fraction of sp³-hybridized carbons (Fsp3) is 0.133. The number of hydrogen-bond donors (Lipinski definition) is 2. The van der Waals surface area contributed by atoms with Crippen LogP contribution in [0.2, 0.25) is 0 Å². The van der Waals surface area contributed by atoms with Crippen molar-refractivity contribution in [1.82, 2.24) is 0 Å². The molecule has 98 valence electrons. The molecule has 1 amide bonds. The van der Waals surface area contributed by atoms with Crippen LogP contribution in [0.4, 0.5) is 11.4 Å². The number of hydrogen-bond acceptors (Lipinski definition) is 3. The first kappa shape index (κ1) is 13.0. The van der Waals surface area contributed by atoms with E-state index in [0.29, 0.717) is 11.4 Å². The smallest absolute Gasteiger partial charge is 0.262 e. The molecule has 2 rings (SSSR count). The van der Waals surface area contributed by atoms with Gasteiger partial charge in [0.05, 0.1) is 5.69 Å². The lowest BCUT2D eigenvalue weighted by Crippen LogP contribution is -2.20. The number of carbonyl (C=O) groups excluding carboxylic acids is 1. The number of carbonyl (C=O) groups is 1. The monoisotopic (exact) mass is 256 g/mol. The predicted octanol–water partition coefficient (Wildman–Crippen LogP) is 2.59. The van der Waals surface area contributed by atoms with Gasteiger partial charge in [0.1, 0.15) is 5.75 Å². The molecule has 0 saturated carbocycles.